The summed E-state index contributed by atoms with van der Waals surface area (Å²) in [6.45, 7) is 5.12. The smallest absolute Gasteiger partial charge is 0.303 e. The third-order valence-electron chi connectivity index (χ3n) is 4.15. The van der Waals surface area contributed by atoms with Crippen molar-refractivity contribution in [2.75, 3.05) is 0 Å². The summed E-state index contributed by atoms with van der Waals surface area (Å²) in [6, 6.07) is 6.23. The molecule has 5 atom stereocenters. The Labute approximate surface area is 178 Å². The highest BCUT2D eigenvalue weighted by atomic mass is 16.7. The van der Waals surface area contributed by atoms with Crippen LogP contribution >= 0.6 is 0 Å². The first-order valence-corrected chi connectivity index (χ1v) is 9.32. The topological polar surface area (TPSA) is 141 Å². The minimum absolute atomic E-state index is 0.306. The first-order valence-electron chi connectivity index (χ1n) is 9.32. The lowest BCUT2D eigenvalue weighted by atomic mass is 9.99. The second-order valence-electron chi connectivity index (χ2n) is 6.72. The molecule has 1 aromatic rings. The summed E-state index contributed by atoms with van der Waals surface area (Å²) in [5, 5.41) is 10.4. The maximum atomic E-state index is 11.7. The van der Waals surface area contributed by atoms with Crippen LogP contribution in [0.1, 0.15) is 33.3 Å². The van der Waals surface area contributed by atoms with Gasteiger partial charge in [0.2, 0.25) is 18.6 Å². The van der Waals surface area contributed by atoms with E-state index in [2.05, 4.69) is 0 Å². The second-order valence-corrected chi connectivity index (χ2v) is 6.72. The molecular weight excluding hydrogens is 414 g/mol. The fraction of sp³-hybridized carbons (Fsp3) is 0.450. The number of carbonyl (C=O) groups excluding carboxylic acids is 3. The highest BCUT2D eigenvalue weighted by Gasteiger charge is 2.51. The summed E-state index contributed by atoms with van der Waals surface area (Å²) in [5.74, 6) is -1.68. The van der Waals surface area contributed by atoms with Crippen molar-refractivity contribution >= 4 is 24.0 Å². The largest absolute Gasteiger partial charge is 0.461 e. The van der Waals surface area contributed by atoms with Gasteiger partial charge in [-0.3, -0.25) is 24.5 Å². The molecule has 1 heterocycles. The first kappa shape index (κ1) is 23.8. The lowest BCUT2D eigenvalue weighted by molar-refractivity contribution is -0.400. The Hall–Kier alpha value is -3.47. The zero-order valence-electron chi connectivity index (χ0n) is 17.4. The van der Waals surface area contributed by atoms with Crippen LogP contribution in [-0.4, -0.2) is 53.5 Å². The van der Waals surface area contributed by atoms with E-state index < -0.39 is 53.5 Å². The van der Waals surface area contributed by atoms with Crippen LogP contribution in [0.15, 0.2) is 30.5 Å². The van der Waals surface area contributed by atoms with Gasteiger partial charge < -0.3 is 23.7 Å². The molecule has 168 valence electrons. The van der Waals surface area contributed by atoms with Crippen LogP contribution in [-0.2, 0) is 33.3 Å². The summed E-state index contributed by atoms with van der Waals surface area (Å²) in [7, 11) is 0. The lowest BCUT2D eigenvalue weighted by Gasteiger charge is -2.43. The molecule has 0 aromatic heterocycles. The fourth-order valence-electron chi connectivity index (χ4n) is 3.00. The number of benzene rings is 1. The van der Waals surface area contributed by atoms with Crippen LogP contribution in [0.4, 0.5) is 0 Å². The standard InChI is InChI=1S/C20H23NO10/c1-11-17(28-12(2)22)18(29-13(3)23)19(30-14(4)24)20(27-11)31-16-7-5-15(6-8-16)9-10-21(25)26/h5-11,17-20H,1-4H3/b10-9+/t11-,17-,18+,19+,20-/m0/s1. The Balaban J connectivity index is 2.29. The average Bonchev–Trinajstić information content (AvgIpc) is 2.66. The van der Waals surface area contributed by atoms with Crippen LogP contribution in [0, 0.1) is 10.1 Å². The van der Waals surface area contributed by atoms with Crippen molar-refractivity contribution in [2.45, 2.75) is 58.4 Å². The van der Waals surface area contributed by atoms with Crippen LogP contribution in [0.25, 0.3) is 6.08 Å². The molecule has 1 aliphatic rings. The SMILES string of the molecule is CC(=O)O[C@@H]1[C@@H](OC(C)=O)[C@H](C)O[C@@H](Oc2ccc(/C=C/[N+](=O)[O-])cc2)[C@@H]1OC(C)=O. The number of rotatable bonds is 7. The number of nitrogens with zero attached hydrogens (tertiary/aromatic N) is 1. The average molecular weight is 437 g/mol. The van der Waals surface area contributed by atoms with Gasteiger partial charge in [-0.25, -0.2) is 0 Å². The molecule has 0 radical (unpaired) electrons. The van der Waals surface area contributed by atoms with Crippen molar-refractivity contribution < 1.29 is 43.0 Å². The summed E-state index contributed by atoms with van der Waals surface area (Å²) in [5.41, 5.74) is 0.561. The molecule has 0 saturated carbocycles. The third-order valence-corrected chi connectivity index (χ3v) is 4.15. The van der Waals surface area contributed by atoms with E-state index in [0.29, 0.717) is 11.3 Å². The second kappa shape index (κ2) is 10.5. The van der Waals surface area contributed by atoms with Gasteiger partial charge in [-0.05, 0) is 24.6 Å². The van der Waals surface area contributed by atoms with Gasteiger partial charge in [0.25, 0.3) is 0 Å². The predicted molar refractivity (Wildman–Crippen MR) is 104 cm³/mol. The molecule has 0 spiro atoms. The van der Waals surface area contributed by atoms with E-state index in [1.807, 2.05) is 0 Å². The molecule has 2 rings (SSSR count). The van der Waals surface area contributed by atoms with Crippen LogP contribution in [0.3, 0.4) is 0 Å². The van der Waals surface area contributed by atoms with Gasteiger partial charge in [-0.2, -0.15) is 0 Å². The van der Waals surface area contributed by atoms with E-state index >= 15 is 0 Å². The van der Waals surface area contributed by atoms with Gasteiger partial charge in [-0.15, -0.1) is 0 Å². The first-order chi connectivity index (χ1) is 14.6. The zero-order valence-corrected chi connectivity index (χ0v) is 17.4. The number of nitro groups is 1. The minimum Gasteiger partial charge on any atom is -0.461 e. The number of hydrogen-bond donors (Lipinski definition) is 0. The molecule has 1 aromatic carbocycles. The third kappa shape index (κ3) is 7.07. The highest BCUT2D eigenvalue weighted by molar-refractivity contribution is 5.68. The summed E-state index contributed by atoms with van der Waals surface area (Å²) in [4.78, 5) is 44.7. The summed E-state index contributed by atoms with van der Waals surface area (Å²) < 4.78 is 27.4. The zero-order chi connectivity index (χ0) is 23.1. The van der Waals surface area contributed by atoms with Gasteiger partial charge in [0.15, 0.2) is 12.2 Å². The Bertz CT molecular complexity index is 850. The highest BCUT2D eigenvalue weighted by Crippen LogP contribution is 2.30. The van der Waals surface area contributed by atoms with Crippen molar-refractivity contribution in [3.63, 3.8) is 0 Å². The molecule has 11 heteroatoms. The molecule has 0 bridgehead atoms. The number of carbonyl (C=O) groups is 3. The van der Waals surface area contributed by atoms with E-state index in [1.54, 1.807) is 19.1 Å². The molecule has 11 nitrogen and oxygen atoms in total. The number of hydrogen-bond acceptors (Lipinski definition) is 10. The Kier molecular flexibility index (Phi) is 8.08. The molecular formula is C20H23NO10. The molecule has 0 aliphatic carbocycles. The molecule has 1 fully saturated rings. The molecule has 0 N–H and O–H groups in total. The molecule has 0 amide bonds. The lowest BCUT2D eigenvalue weighted by Crippen LogP contribution is -2.62. The van der Waals surface area contributed by atoms with Crippen LogP contribution in [0.2, 0.25) is 0 Å². The predicted octanol–water partition coefficient (Wildman–Crippen LogP) is 1.85. The van der Waals surface area contributed by atoms with E-state index in [9.17, 15) is 24.5 Å². The maximum Gasteiger partial charge on any atom is 0.303 e. The number of ether oxygens (including phenoxy) is 5. The van der Waals surface area contributed by atoms with Crippen molar-refractivity contribution in [3.8, 4) is 5.75 Å². The van der Waals surface area contributed by atoms with Crippen molar-refractivity contribution in [1.29, 1.82) is 0 Å². The van der Waals surface area contributed by atoms with Crippen LogP contribution < -0.4 is 4.74 Å². The van der Waals surface area contributed by atoms with E-state index in [4.69, 9.17) is 23.7 Å². The van der Waals surface area contributed by atoms with Crippen LogP contribution in [0.5, 0.6) is 5.75 Å². The van der Waals surface area contributed by atoms with E-state index in [0.717, 1.165) is 13.1 Å². The van der Waals surface area contributed by atoms with Crippen molar-refractivity contribution in [3.05, 3.63) is 46.1 Å². The minimum atomic E-state index is -1.23. The van der Waals surface area contributed by atoms with E-state index in [-0.39, 0.29) is 0 Å². The van der Waals surface area contributed by atoms with Gasteiger partial charge in [-0.1, -0.05) is 12.1 Å². The van der Waals surface area contributed by atoms with E-state index in [1.165, 1.54) is 32.1 Å². The molecule has 1 aliphatic heterocycles. The monoisotopic (exact) mass is 437 g/mol. The summed E-state index contributed by atoms with van der Waals surface area (Å²) >= 11 is 0. The van der Waals surface area contributed by atoms with Gasteiger partial charge in [0.05, 0.1) is 11.0 Å². The summed E-state index contributed by atoms with van der Waals surface area (Å²) in [6.07, 6.45) is -3.25. The normalized spacial score (nSPS) is 25.5. The van der Waals surface area contributed by atoms with Gasteiger partial charge in [0.1, 0.15) is 5.75 Å². The van der Waals surface area contributed by atoms with Crippen molar-refractivity contribution in [1.82, 2.24) is 0 Å². The maximum absolute atomic E-state index is 11.7. The number of esters is 3. The molecule has 0 unspecified atom stereocenters. The fourth-order valence-corrected chi connectivity index (χ4v) is 3.00. The Morgan fingerprint density at radius 1 is 0.935 bits per heavy atom. The quantitative estimate of drug-likeness (QED) is 0.268. The van der Waals surface area contributed by atoms with Crippen molar-refractivity contribution in [2.24, 2.45) is 0 Å². The molecule has 1 saturated heterocycles. The molecule has 31 heavy (non-hydrogen) atoms. The Morgan fingerprint density at radius 2 is 1.45 bits per heavy atom. The Morgan fingerprint density at radius 3 is 1.97 bits per heavy atom. The van der Waals surface area contributed by atoms with Gasteiger partial charge >= 0.3 is 17.9 Å². The van der Waals surface area contributed by atoms with Gasteiger partial charge in [0, 0.05) is 26.8 Å².